The fourth-order valence-corrected chi connectivity index (χ4v) is 2.66. The number of likely N-dealkylation sites (tertiary alicyclic amines) is 1. The minimum atomic E-state index is 0.700. The van der Waals surface area contributed by atoms with Crippen molar-refractivity contribution in [3.05, 3.63) is 12.2 Å². The van der Waals surface area contributed by atoms with Crippen molar-refractivity contribution in [2.45, 2.75) is 26.3 Å². The summed E-state index contributed by atoms with van der Waals surface area (Å²) in [7, 11) is 4.37. The predicted molar refractivity (Wildman–Crippen MR) is 75.4 cm³/mol. The van der Waals surface area contributed by atoms with Gasteiger partial charge in [0.05, 0.1) is 0 Å². The number of hydrogen-bond acceptors (Lipinski definition) is 3. The standard InChI is InChI=1S/C14H29N3/c1-6-7-15-8-12(2)9-17-10-13(3)14(11-17)16(4)5/h13-15H,2,6-11H2,1,3-5H3. The van der Waals surface area contributed by atoms with Crippen LogP contribution in [0.25, 0.3) is 0 Å². The molecule has 3 nitrogen and oxygen atoms in total. The summed E-state index contributed by atoms with van der Waals surface area (Å²) in [6, 6.07) is 0.700. The molecule has 0 spiro atoms. The lowest BCUT2D eigenvalue weighted by Crippen LogP contribution is -2.35. The van der Waals surface area contributed by atoms with Crippen LogP contribution in [0.2, 0.25) is 0 Å². The molecule has 17 heavy (non-hydrogen) atoms. The smallest absolute Gasteiger partial charge is 0.0254 e. The highest BCUT2D eigenvalue weighted by Gasteiger charge is 2.30. The van der Waals surface area contributed by atoms with Crippen LogP contribution in [-0.4, -0.2) is 62.7 Å². The summed E-state index contributed by atoms with van der Waals surface area (Å²) in [5.74, 6) is 0.765. The summed E-state index contributed by atoms with van der Waals surface area (Å²) in [6.07, 6.45) is 1.19. The molecule has 1 rings (SSSR count). The van der Waals surface area contributed by atoms with Gasteiger partial charge in [-0.15, -0.1) is 0 Å². The van der Waals surface area contributed by atoms with Gasteiger partial charge < -0.3 is 10.2 Å². The summed E-state index contributed by atoms with van der Waals surface area (Å²) in [6.45, 7) is 14.2. The topological polar surface area (TPSA) is 18.5 Å². The number of hydrogen-bond donors (Lipinski definition) is 1. The first kappa shape index (κ1) is 14.7. The first-order valence-electron chi connectivity index (χ1n) is 6.80. The van der Waals surface area contributed by atoms with E-state index in [0.717, 1.165) is 25.6 Å². The Morgan fingerprint density at radius 3 is 2.65 bits per heavy atom. The maximum atomic E-state index is 4.17. The van der Waals surface area contributed by atoms with E-state index in [1.165, 1.54) is 25.1 Å². The van der Waals surface area contributed by atoms with Gasteiger partial charge in [0.15, 0.2) is 0 Å². The first-order chi connectivity index (χ1) is 8.04. The maximum absolute atomic E-state index is 4.17. The van der Waals surface area contributed by atoms with E-state index in [1.807, 2.05) is 0 Å². The molecular formula is C14H29N3. The van der Waals surface area contributed by atoms with Crippen LogP contribution in [0.15, 0.2) is 12.2 Å². The van der Waals surface area contributed by atoms with Crippen LogP contribution in [0.5, 0.6) is 0 Å². The second-order valence-electron chi connectivity index (χ2n) is 5.63. The molecule has 0 aromatic carbocycles. The van der Waals surface area contributed by atoms with E-state index >= 15 is 0 Å². The Balaban J connectivity index is 2.27. The molecule has 2 unspecified atom stereocenters. The Morgan fingerprint density at radius 1 is 1.41 bits per heavy atom. The average Bonchev–Trinajstić information content (AvgIpc) is 2.60. The van der Waals surface area contributed by atoms with Crippen molar-refractivity contribution >= 4 is 0 Å². The maximum Gasteiger partial charge on any atom is 0.0254 e. The van der Waals surface area contributed by atoms with Crippen molar-refractivity contribution in [2.75, 3.05) is 46.8 Å². The van der Waals surface area contributed by atoms with Crippen LogP contribution in [0.4, 0.5) is 0 Å². The number of nitrogens with one attached hydrogen (secondary N) is 1. The van der Waals surface area contributed by atoms with Crippen LogP contribution in [-0.2, 0) is 0 Å². The van der Waals surface area contributed by atoms with Gasteiger partial charge in [0.25, 0.3) is 0 Å². The largest absolute Gasteiger partial charge is 0.313 e. The zero-order valence-electron chi connectivity index (χ0n) is 12.0. The molecular weight excluding hydrogens is 210 g/mol. The lowest BCUT2D eigenvalue weighted by atomic mass is 10.1. The SMILES string of the molecule is C=C(CNCCC)CN1CC(C)C(N(C)C)C1. The third-order valence-electron chi connectivity index (χ3n) is 3.56. The predicted octanol–water partition coefficient (Wildman–Crippen LogP) is 1.42. The second kappa shape index (κ2) is 7.14. The summed E-state index contributed by atoms with van der Waals surface area (Å²) in [5, 5.41) is 3.42. The third-order valence-corrected chi connectivity index (χ3v) is 3.56. The van der Waals surface area contributed by atoms with E-state index in [9.17, 15) is 0 Å². The lowest BCUT2D eigenvalue weighted by molar-refractivity contribution is 0.255. The highest BCUT2D eigenvalue weighted by Crippen LogP contribution is 2.20. The zero-order valence-corrected chi connectivity index (χ0v) is 12.0. The number of rotatable bonds is 7. The van der Waals surface area contributed by atoms with Gasteiger partial charge in [0.2, 0.25) is 0 Å². The van der Waals surface area contributed by atoms with Gasteiger partial charge in [-0.3, -0.25) is 4.90 Å². The summed E-state index contributed by atoms with van der Waals surface area (Å²) >= 11 is 0. The van der Waals surface area contributed by atoms with E-state index in [1.54, 1.807) is 0 Å². The molecule has 3 heteroatoms. The minimum Gasteiger partial charge on any atom is -0.313 e. The molecule has 0 radical (unpaired) electrons. The Labute approximate surface area is 107 Å². The van der Waals surface area contributed by atoms with Gasteiger partial charge in [0, 0.05) is 32.2 Å². The van der Waals surface area contributed by atoms with E-state index in [4.69, 9.17) is 0 Å². The van der Waals surface area contributed by atoms with Crippen molar-refractivity contribution < 1.29 is 0 Å². The van der Waals surface area contributed by atoms with Crippen molar-refractivity contribution in [1.29, 1.82) is 0 Å². The molecule has 1 aliphatic rings. The number of nitrogens with zero attached hydrogens (tertiary/aromatic N) is 2. The van der Waals surface area contributed by atoms with Crippen molar-refractivity contribution in [3.8, 4) is 0 Å². The molecule has 0 aromatic rings. The first-order valence-corrected chi connectivity index (χ1v) is 6.80. The van der Waals surface area contributed by atoms with Gasteiger partial charge >= 0.3 is 0 Å². The van der Waals surface area contributed by atoms with E-state index in [2.05, 4.69) is 49.6 Å². The van der Waals surface area contributed by atoms with Gasteiger partial charge in [-0.05, 0) is 38.6 Å². The van der Waals surface area contributed by atoms with Crippen LogP contribution in [0.1, 0.15) is 20.3 Å². The normalized spacial score (nSPS) is 25.7. The van der Waals surface area contributed by atoms with Crippen molar-refractivity contribution in [3.63, 3.8) is 0 Å². The summed E-state index contributed by atoms with van der Waals surface area (Å²) in [4.78, 5) is 4.88. The Kier molecular flexibility index (Phi) is 6.17. The van der Waals surface area contributed by atoms with Gasteiger partial charge in [-0.25, -0.2) is 0 Å². The van der Waals surface area contributed by atoms with E-state index in [0.29, 0.717) is 6.04 Å². The van der Waals surface area contributed by atoms with Crippen LogP contribution < -0.4 is 5.32 Å². The lowest BCUT2D eigenvalue weighted by Gasteiger charge is -2.22. The fraction of sp³-hybridized carbons (Fsp3) is 0.857. The molecule has 0 saturated carbocycles. The highest BCUT2D eigenvalue weighted by molar-refractivity contribution is 5.02. The van der Waals surface area contributed by atoms with Crippen LogP contribution >= 0.6 is 0 Å². The fourth-order valence-electron chi connectivity index (χ4n) is 2.66. The molecule has 1 N–H and O–H groups in total. The molecule has 0 aromatic heterocycles. The van der Waals surface area contributed by atoms with Gasteiger partial charge in [0.1, 0.15) is 0 Å². The molecule has 1 heterocycles. The van der Waals surface area contributed by atoms with Crippen molar-refractivity contribution in [1.82, 2.24) is 15.1 Å². The van der Waals surface area contributed by atoms with Gasteiger partial charge in [-0.2, -0.15) is 0 Å². The average molecular weight is 239 g/mol. The summed E-state index contributed by atoms with van der Waals surface area (Å²) in [5.41, 5.74) is 1.31. The third kappa shape index (κ3) is 4.78. The molecule has 1 fully saturated rings. The molecule has 0 aliphatic carbocycles. The highest BCUT2D eigenvalue weighted by atomic mass is 15.2. The minimum absolute atomic E-state index is 0.700. The molecule has 2 atom stereocenters. The van der Waals surface area contributed by atoms with Gasteiger partial charge in [-0.1, -0.05) is 20.4 Å². The Hall–Kier alpha value is -0.380. The van der Waals surface area contributed by atoms with E-state index < -0.39 is 0 Å². The monoisotopic (exact) mass is 239 g/mol. The molecule has 1 aliphatic heterocycles. The van der Waals surface area contributed by atoms with Crippen molar-refractivity contribution in [2.24, 2.45) is 5.92 Å². The number of likely N-dealkylation sites (N-methyl/N-ethyl adjacent to an activating group) is 1. The van der Waals surface area contributed by atoms with Crippen LogP contribution in [0, 0.1) is 5.92 Å². The molecule has 1 saturated heterocycles. The molecule has 0 bridgehead atoms. The Morgan fingerprint density at radius 2 is 2.12 bits per heavy atom. The quantitative estimate of drug-likeness (QED) is 0.535. The van der Waals surface area contributed by atoms with E-state index in [-0.39, 0.29) is 0 Å². The second-order valence-corrected chi connectivity index (χ2v) is 5.63. The molecule has 100 valence electrons. The van der Waals surface area contributed by atoms with Crippen LogP contribution in [0.3, 0.4) is 0 Å². The zero-order chi connectivity index (χ0) is 12.8. The molecule has 0 amide bonds. The Bertz CT molecular complexity index is 238. The summed E-state index contributed by atoms with van der Waals surface area (Å²) < 4.78 is 0.